The van der Waals surface area contributed by atoms with Gasteiger partial charge in [-0.3, -0.25) is 19.5 Å². The van der Waals surface area contributed by atoms with Crippen LogP contribution in [0.15, 0.2) is 15.8 Å². The summed E-state index contributed by atoms with van der Waals surface area (Å²) in [5, 5.41) is 10.5. The van der Waals surface area contributed by atoms with Crippen LogP contribution in [0.3, 0.4) is 0 Å². The molecule has 8 heteroatoms. The number of nitro groups is 1. The van der Waals surface area contributed by atoms with Crippen molar-refractivity contribution in [2.75, 3.05) is 0 Å². The second kappa shape index (κ2) is 4.51. The quantitative estimate of drug-likeness (QED) is 0.378. The van der Waals surface area contributed by atoms with E-state index >= 15 is 0 Å². The van der Waals surface area contributed by atoms with Crippen molar-refractivity contribution in [3.8, 4) is 0 Å². The van der Waals surface area contributed by atoms with Gasteiger partial charge in [0.05, 0.1) is 17.7 Å². The minimum atomic E-state index is -1.06. The van der Waals surface area contributed by atoms with Crippen LogP contribution in [0, 0.1) is 10.1 Å². The van der Waals surface area contributed by atoms with Gasteiger partial charge >= 0.3 is 16.9 Å². The number of rotatable bonds is 4. The van der Waals surface area contributed by atoms with E-state index in [2.05, 4.69) is 0 Å². The van der Waals surface area contributed by atoms with E-state index in [1.54, 1.807) is 6.92 Å². The van der Waals surface area contributed by atoms with Gasteiger partial charge in [-0.1, -0.05) is 0 Å². The van der Waals surface area contributed by atoms with Gasteiger partial charge in [0.1, 0.15) is 6.29 Å². The Kier molecular flexibility index (Phi) is 3.33. The molecule has 0 amide bonds. The molecule has 0 atom stereocenters. The van der Waals surface area contributed by atoms with Gasteiger partial charge in [-0.25, -0.2) is 9.36 Å². The summed E-state index contributed by atoms with van der Waals surface area (Å²) in [6.07, 6.45) is 1.22. The molecule has 1 aromatic rings. The van der Waals surface area contributed by atoms with Gasteiger partial charge in [-0.15, -0.1) is 0 Å². The molecule has 0 aliphatic carbocycles. The molecule has 0 saturated carbocycles. The van der Waals surface area contributed by atoms with Crippen molar-refractivity contribution in [2.24, 2.45) is 0 Å². The molecule has 0 spiro atoms. The van der Waals surface area contributed by atoms with Gasteiger partial charge in [-0.2, -0.15) is 0 Å². The summed E-state index contributed by atoms with van der Waals surface area (Å²) in [5.41, 5.74) is -2.51. The predicted octanol–water partition coefficient (Wildman–Crippen LogP) is -0.863. The minimum Gasteiger partial charge on any atom is -0.301 e. The molecule has 0 saturated heterocycles. The highest BCUT2D eigenvalue weighted by Gasteiger charge is 2.18. The third-order valence-electron chi connectivity index (χ3n) is 2.01. The Balaban J connectivity index is 3.64. The first kappa shape index (κ1) is 11.8. The summed E-state index contributed by atoms with van der Waals surface area (Å²) in [5.74, 6) is 0. The summed E-state index contributed by atoms with van der Waals surface area (Å²) in [7, 11) is 0. The number of carbonyl (C=O) groups excluding carboxylic acids is 1. The highest BCUT2D eigenvalue weighted by Crippen LogP contribution is 1.99. The fraction of sp³-hybridized carbons (Fsp3) is 0.375. The molecule has 0 aromatic carbocycles. The van der Waals surface area contributed by atoms with E-state index < -0.39 is 28.4 Å². The average Bonchev–Trinajstić information content (AvgIpc) is 2.24. The zero-order chi connectivity index (χ0) is 12.3. The molecule has 0 aliphatic rings. The number of aryl methyl sites for hydroxylation is 1. The van der Waals surface area contributed by atoms with Crippen LogP contribution < -0.4 is 11.2 Å². The van der Waals surface area contributed by atoms with Crippen LogP contribution in [0.25, 0.3) is 0 Å². The molecule has 1 aromatic heterocycles. The van der Waals surface area contributed by atoms with Crippen molar-refractivity contribution in [3.05, 3.63) is 37.1 Å². The van der Waals surface area contributed by atoms with Gasteiger partial charge in [-0.05, 0) is 6.92 Å². The third kappa shape index (κ3) is 1.90. The zero-order valence-electron chi connectivity index (χ0n) is 8.45. The van der Waals surface area contributed by atoms with E-state index in [9.17, 15) is 24.5 Å². The Bertz CT molecular complexity index is 542. The molecule has 86 valence electrons. The van der Waals surface area contributed by atoms with Crippen molar-refractivity contribution >= 4 is 12.0 Å². The number of carbonyl (C=O) groups is 1. The standard InChI is InChI=1S/C8H9N3O5/c1-2-9-5-6(11(15)16)7(13)10(3-4-12)8(9)14/h4-5H,2-3H2,1H3. The maximum Gasteiger partial charge on any atom is 0.350 e. The van der Waals surface area contributed by atoms with Crippen LogP contribution in [0.2, 0.25) is 0 Å². The van der Waals surface area contributed by atoms with Crippen LogP contribution in [0.5, 0.6) is 0 Å². The lowest BCUT2D eigenvalue weighted by Crippen LogP contribution is -2.40. The Labute approximate surface area is 88.9 Å². The topological polar surface area (TPSA) is 104 Å². The van der Waals surface area contributed by atoms with E-state index in [-0.39, 0.29) is 6.54 Å². The smallest absolute Gasteiger partial charge is 0.301 e. The lowest BCUT2D eigenvalue weighted by molar-refractivity contribution is -0.387. The predicted molar refractivity (Wildman–Crippen MR) is 53.4 cm³/mol. The summed E-state index contributed by atoms with van der Waals surface area (Å²) in [4.78, 5) is 42.9. The number of aromatic nitrogens is 2. The second-order valence-corrected chi connectivity index (χ2v) is 2.92. The monoisotopic (exact) mass is 227 g/mol. The number of aldehydes is 1. The number of nitrogens with zero attached hydrogens (tertiary/aromatic N) is 3. The maximum absolute atomic E-state index is 11.5. The second-order valence-electron chi connectivity index (χ2n) is 2.92. The molecule has 1 heterocycles. The van der Waals surface area contributed by atoms with Gasteiger partial charge in [0, 0.05) is 6.54 Å². The first-order valence-corrected chi connectivity index (χ1v) is 4.45. The van der Waals surface area contributed by atoms with Crippen molar-refractivity contribution in [3.63, 3.8) is 0 Å². The molecule has 16 heavy (non-hydrogen) atoms. The zero-order valence-corrected chi connectivity index (χ0v) is 8.45. The SMILES string of the molecule is CCn1cc([N+](=O)[O-])c(=O)n(CC=O)c1=O. The van der Waals surface area contributed by atoms with Crippen molar-refractivity contribution in [2.45, 2.75) is 20.0 Å². The minimum absolute atomic E-state index is 0.179. The summed E-state index contributed by atoms with van der Waals surface area (Å²) in [6, 6.07) is 0. The molecule has 0 fully saturated rings. The number of hydrogen-bond donors (Lipinski definition) is 0. The van der Waals surface area contributed by atoms with Crippen LogP contribution in [0.1, 0.15) is 6.92 Å². The Morgan fingerprint density at radius 2 is 2.12 bits per heavy atom. The first-order valence-electron chi connectivity index (χ1n) is 4.45. The normalized spacial score (nSPS) is 10.1. The molecular formula is C8H9N3O5. The van der Waals surface area contributed by atoms with Gasteiger partial charge < -0.3 is 4.79 Å². The van der Waals surface area contributed by atoms with E-state index in [0.29, 0.717) is 10.9 Å². The van der Waals surface area contributed by atoms with Crippen molar-refractivity contribution in [1.29, 1.82) is 0 Å². The van der Waals surface area contributed by atoms with Crippen molar-refractivity contribution < 1.29 is 9.72 Å². The highest BCUT2D eigenvalue weighted by molar-refractivity contribution is 5.49. The maximum atomic E-state index is 11.5. The van der Waals surface area contributed by atoms with Crippen LogP contribution in [-0.2, 0) is 17.9 Å². The molecule has 8 nitrogen and oxygen atoms in total. The summed E-state index contributed by atoms with van der Waals surface area (Å²) >= 11 is 0. The summed E-state index contributed by atoms with van der Waals surface area (Å²) < 4.78 is 1.54. The molecule has 0 N–H and O–H groups in total. The fourth-order valence-corrected chi connectivity index (χ4v) is 1.23. The average molecular weight is 227 g/mol. The lowest BCUT2D eigenvalue weighted by Gasteiger charge is -2.05. The van der Waals surface area contributed by atoms with Gasteiger partial charge in [0.25, 0.3) is 0 Å². The Morgan fingerprint density at radius 1 is 1.50 bits per heavy atom. The summed E-state index contributed by atoms with van der Waals surface area (Å²) in [6.45, 7) is 1.29. The molecule has 0 radical (unpaired) electrons. The van der Waals surface area contributed by atoms with Crippen molar-refractivity contribution in [1.82, 2.24) is 9.13 Å². The lowest BCUT2D eigenvalue weighted by atomic mass is 10.5. The molecule has 1 rings (SSSR count). The molecule has 0 unspecified atom stereocenters. The highest BCUT2D eigenvalue weighted by atomic mass is 16.6. The Morgan fingerprint density at radius 3 is 2.56 bits per heavy atom. The number of hydrogen-bond acceptors (Lipinski definition) is 5. The fourth-order valence-electron chi connectivity index (χ4n) is 1.23. The Hall–Kier alpha value is -2.25. The van der Waals surface area contributed by atoms with E-state index in [1.165, 1.54) is 0 Å². The van der Waals surface area contributed by atoms with E-state index in [1.807, 2.05) is 0 Å². The van der Waals surface area contributed by atoms with Gasteiger partial charge in [0.15, 0.2) is 0 Å². The largest absolute Gasteiger partial charge is 0.350 e. The molecular weight excluding hydrogens is 218 g/mol. The van der Waals surface area contributed by atoms with E-state index in [0.717, 1.165) is 10.8 Å². The van der Waals surface area contributed by atoms with Crippen LogP contribution in [-0.4, -0.2) is 20.3 Å². The molecule has 0 bridgehead atoms. The van der Waals surface area contributed by atoms with Crippen LogP contribution >= 0.6 is 0 Å². The third-order valence-corrected chi connectivity index (χ3v) is 2.01. The molecule has 0 aliphatic heterocycles. The van der Waals surface area contributed by atoms with E-state index in [4.69, 9.17) is 0 Å². The van der Waals surface area contributed by atoms with Gasteiger partial charge in [0.2, 0.25) is 0 Å². The first-order chi connectivity index (χ1) is 7.52. The van der Waals surface area contributed by atoms with Crippen LogP contribution in [0.4, 0.5) is 5.69 Å².